The predicted molar refractivity (Wildman–Crippen MR) is 170 cm³/mol. The van der Waals surface area contributed by atoms with Gasteiger partial charge in [0.1, 0.15) is 19.0 Å². The van der Waals surface area contributed by atoms with Crippen LogP contribution in [-0.2, 0) is 16.0 Å². The Morgan fingerprint density at radius 2 is 1.67 bits per heavy atom. The van der Waals surface area contributed by atoms with Gasteiger partial charge in [0.15, 0.2) is 11.5 Å². The van der Waals surface area contributed by atoms with E-state index in [1.54, 1.807) is 18.7 Å². The molecule has 5 atom stereocenters. The van der Waals surface area contributed by atoms with Gasteiger partial charge in [-0.3, -0.25) is 9.59 Å². The zero-order chi connectivity index (χ0) is 32.5. The molecule has 0 saturated carbocycles. The first-order chi connectivity index (χ1) is 21.6. The van der Waals surface area contributed by atoms with Crippen molar-refractivity contribution in [2.45, 2.75) is 64.8 Å². The van der Waals surface area contributed by atoms with E-state index >= 15 is 0 Å². The van der Waals surface area contributed by atoms with Crippen molar-refractivity contribution in [1.29, 1.82) is 0 Å². The highest BCUT2D eigenvalue weighted by atomic mass is 16.5. The van der Waals surface area contributed by atoms with Crippen LogP contribution >= 0.6 is 0 Å². The second-order valence-corrected chi connectivity index (χ2v) is 11.9. The third kappa shape index (κ3) is 8.64. The molecule has 11 nitrogen and oxygen atoms in total. The number of aryl methyl sites for hydroxylation is 2. The van der Waals surface area contributed by atoms with Gasteiger partial charge in [-0.1, -0.05) is 74.5 Å². The number of aliphatic hydroxyl groups is 1. The summed E-state index contributed by atoms with van der Waals surface area (Å²) in [4.78, 5) is 49.9. The van der Waals surface area contributed by atoms with Gasteiger partial charge in [-0.2, -0.15) is 0 Å². The lowest BCUT2D eigenvalue weighted by atomic mass is 9.82. The molecular weight excluding hydrogens is 572 g/mol. The number of aromatic nitrogens is 2. The summed E-state index contributed by atoms with van der Waals surface area (Å²) in [6.45, 7) is 7.88. The number of Topliss-reactive ketones (excluding diaryl/α,β-unsaturated/α-hetero) is 1. The van der Waals surface area contributed by atoms with Crippen molar-refractivity contribution in [3.05, 3.63) is 89.5 Å². The van der Waals surface area contributed by atoms with Gasteiger partial charge < -0.3 is 31.1 Å². The molecule has 0 spiro atoms. The number of amides is 3. The smallest absolute Gasteiger partial charge is 0.318 e. The lowest BCUT2D eigenvalue weighted by molar-refractivity contribution is -0.130. The summed E-state index contributed by atoms with van der Waals surface area (Å²) in [6, 6.07) is 16.4. The molecule has 1 aromatic heterocycles. The molecule has 0 aliphatic carbocycles. The molecule has 45 heavy (non-hydrogen) atoms. The minimum Gasteiger partial charge on any atom is -0.482 e. The third-order valence-corrected chi connectivity index (χ3v) is 8.20. The lowest BCUT2D eigenvalue weighted by Gasteiger charge is -2.33. The highest BCUT2D eigenvalue weighted by Gasteiger charge is 2.38. The average molecular weight is 617 g/mol. The van der Waals surface area contributed by atoms with Crippen molar-refractivity contribution >= 4 is 17.7 Å². The van der Waals surface area contributed by atoms with Gasteiger partial charge in [0.25, 0.3) is 0 Å². The largest absolute Gasteiger partial charge is 0.482 e. The van der Waals surface area contributed by atoms with Crippen LogP contribution in [0.15, 0.2) is 67.0 Å². The first-order valence-electron chi connectivity index (χ1n) is 15.4. The van der Waals surface area contributed by atoms with Crippen LogP contribution in [0.4, 0.5) is 4.79 Å². The highest BCUT2D eigenvalue weighted by Crippen LogP contribution is 2.28. The minimum absolute atomic E-state index is 0.0427. The van der Waals surface area contributed by atoms with Gasteiger partial charge in [0.05, 0.1) is 23.4 Å². The molecule has 1 aliphatic heterocycles. The second kappa shape index (κ2) is 15.6. The van der Waals surface area contributed by atoms with E-state index in [0.717, 1.165) is 5.56 Å². The van der Waals surface area contributed by atoms with Crippen molar-refractivity contribution in [3.63, 3.8) is 0 Å². The third-order valence-electron chi connectivity index (χ3n) is 8.20. The molecule has 1 fully saturated rings. The SMILES string of the molecule is Cc1ncnc(C)c1OCC(=O)[C@@H](C(N)c1ccccc1)[C@H](O)C[C@H](Cc1ccccc1)NC(=O)[C@H](C(C)C)N1CCNC1=O. The van der Waals surface area contributed by atoms with Gasteiger partial charge in [-0.05, 0) is 43.7 Å². The van der Waals surface area contributed by atoms with Crippen molar-refractivity contribution in [1.82, 2.24) is 25.5 Å². The van der Waals surface area contributed by atoms with Crippen LogP contribution in [-0.4, -0.2) is 75.6 Å². The van der Waals surface area contributed by atoms with E-state index in [0.29, 0.717) is 42.2 Å². The summed E-state index contributed by atoms with van der Waals surface area (Å²) in [6.07, 6.45) is 0.643. The Balaban J connectivity index is 1.60. The van der Waals surface area contributed by atoms with Crippen LogP contribution in [0.25, 0.3) is 0 Å². The van der Waals surface area contributed by atoms with E-state index < -0.39 is 30.1 Å². The Labute approximate surface area is 264 Å². The maximum Gasteiger partial charge on any atom is 0.318 e. The number of aliphatic hydroxyl groups excluding tert-OH is 1. The first-order valence-corrected chi connectivity index (χ1v) is 15.4. The van der Waals surface area contributed by atoms with E-state index in [9.17, 15) is 19.5 Å². The number of urea groups is 1. The molecule has 2 aromatic carbocycles. The number of rotatable bonds is 15. The molecule has 0 radical (unpaired) electrons. The number of nitrogens with two attached hydrogens (primary N) is 1. The highest BCUT2D eigenvalue weighted by molar-refractivity contribution is 5.88. The summed E-state index contributed by atoms with van der Waals surface area (Å²) in [5.74, 6) is -1.49. The molecule has 0 bridgehead atoms. The van der Waals surface area contributed by atoms with Gasteiger partial charge in [-0.15, -0.1) is 0 Å². The fraction of sp³-hybridized carbons (Fsp3) is 0.441. The zero-order valence-corrected chi connectivity index (χ0v) is 26.3. The van der Waals surface area contributed by atoms with Crippen molar-refractivity contribution in [2.75, 3.05) is 19.7 Å². The number of hydrogen-bond donors (Lipinski definition) is 4. The van der Waals surface area contributed by atoms with Crippen molar-refractivity contribution in [3.8, 4) is 5.75 Å². The molecule has 3 aromatic rings. The Morgan fingerprint density at radius 3 is 2.24 bits per heavy atom. The van der Waals surface area contributed by atoms with E-state index in [-0.39, 0.29) is 36.7 Å². The number of carbonyl (C=O) groups is 3. The Hall–Kier alpha value is -4.35. The summed E-state index contributed by atoms with van der Waals surface area (Å²) in [5, 5.41) is 17.6. The van der Waals surface area contributed by atoms with Gasteiger partial charge in [0.2, 0.25) is 5.91 Å². The Kier molecular flexibility index (Phi) is 11.6. The lowest BCUT2D eigenvalue weighted by Crippen LogP contribution is -2.54. The molecule has 1 unspecified atom stereocenters. The van der Waals surface area contributed by atoms with E-state index in [1.165, 1.54) is 6.33 Å². The van der Waals surface area contributed by atoms with E-state index in [4.69, 9.17) is 10.5 Å². The second-order valence-electron chi connectivity index (χ2n) is 11.9. The molecule has 2 heterocycles. The quantitative estimate of drug-likeness (QED) is 0.203. The van der Waals surface area contributed by atoms with Crippen LogP contribution in [0.2, 0.25) is 0 Å². The minimum atomic E-state index is -1.23. The number of ketones is 1. The van der Waals surface area contributed by atoms with Crippen LogP contribution < -0.4 is 21.1 Å². The van der Waals surface area contributed by atoms with Crippen LogP contribution in [0.1, 0.15) is 48.8 Å². The normalized spacial score (nSPS) is 16.4. The molecule has 3 amide bonds. The molecular formula is C34H44N6O5. The summed E-state index contributed by atoms with van der Waals surface area (Å²) in [5.41, 5.74) is 9.51. The molecule has 1 aliphatic rings. The zero-order valence-electron chi connectivity index (χ0n) is 26.3. The fourth-order valence-corrected chi connectivity index (χ4v) is 5.94. The standard InChI is InChI=1S/C34H44N6O5/c1-21(2)31(40-16-15-36-34(40)44)33(43)39-26(17-24-11-7-5-8-12-24)18-27(41)29(30(35)25-13-9-6-10-14-25)28(42)19-45-32-22(3)37-20-38-23(32)4/h5-14,20-21,26-27,29-31,41H,15-19,35H2,1-4H3,(H,36,44)(H,39,43)/t26-,27+,29-,30?,31-/m0/s1. The Morgan fingerprint density at radius 1 is 1.04 bits per heavy atom. The number of nitrogens with zero attached hydrogens (tertiary/aromatic N) is 3. The topological polar surface area (TPSA) is 160 Å². The summed E-state index contributed by atoms with van der Waals surface area (Å²) in [7, 11) is 0. The molecule has 240 valence electrons. The molecule has 11 heteroatoms. The maximum absolute atomic E-state index is 13.8. The maximum atomic E-state index is 13.8. The number of nitrogens with one attached hydrogen (secondary N) is 2. The molecule has 4 rings (SSSR count). The monoisotopic (exact) mass is 616 g/mol. The van der Waals surface area contributed by atoms with E-state index in [1.807, 2.05) is 74.5 Å². The van der Waals surface area contributed by atoms with Gasteiger partial charge in [0, 0.05) is 25.2 Å². The first kappa shape index (κ1) is 33.5. The average Bonchev–Trinajstić information content (AvgIpc) is 3.42. The fourth-order valence-electron chi connectivity index (χ4n) is 5.94. The van der Waals surface area contributed by atoms with E-state index in [2.05, 4.69) is 20.6 Å². The van der Waals surface area contributed by atoms with Crippen molar-refractivity contribution in [2.24, 2.45) is 17.6 Å². The number of carbonyl (C=O) groups excluding carboxylic acids is 3. The summed E-state index contributed by atoms with van der Waals surface area (Å²) >= 11 is 0. The number of benzene rings is 2. The van der Waals surface area contributed by atoms with Crippen LogP contribution in [0, 0.1) is 25.7 Å². The molecule has 1 saturated heterocycles. The van der Waals surface area contributed by atoms with Crippen LogP contribution in [0.3, 0.4) is 0 Å². The number of hydrogen-bond acceptors (Lipinski definition) is 8. The predicted octanol–water partition coefficient (Wildman–Crippen LogP) is 2.89. The van der Waals surface area contributed by atoms with Crippen molar-refractivity contribution < 1.29 is 24.2 Å². The molecule has 5 N–H and O–H groups in total. The van der Waals surface area contributed by atoms with Gasteiger partial charge in [-0.25, -0.2) is 14.8 Å². The van der Waals surface area contributed by atoms with Crippen LogP contribution in [0.5, 0.6) is 5.75 Å². The van der Waals surface area contributed by atoms with Gasteiger partial charge >= 0.3 is 6.03 Å². The number of ether oxygens (including phenoxy) is 1. The Bertz CT molecular complexity index is 1420. The summed E-state index contributed by atoms with van der Waals surface area (Å²) < 4.78 is 5.88.